The molecular weight excluding hydrogens is 610 g/mol. The van der Waals surface area contributed by atoms with Gasteiger partial charge in [-0.1, -0.05) is 17.7 Å². The Kier molecular flexibility index (Phi) is 9.09. The van der Waals surface area contributed by atoms with E-state index >= 15 is 0 Å². The predicted octanol–water partition coefficient (Wildman–Crippen LogP) is 2.28. The molecule has 186 valence electrons. The summed E-state index contributed by atoms with van der Waals surface area (Å²) in [6.45, 7) is 1.82. The Labute approximate surface area is 192 Å². The van der Waals surface area contributed by atoms with Crippen molar-refractivity contribution in [1.29, 1.82) is 0 Å². The van der Waals surface area contributed by atoms with Crippen molar-refractivity contribution in [2.24, 2.45) is 0 Å². The van der Waals surface area contributed by atoms with Crippen LogP contribution >= 0.6 is 0 Å². The Hall–Kier alpha value is -1.75. The maximum absolute atomic E-state index is 13.4. The van der Waals surface area contributed by atoms with Gasteiger partial charge in [0.1, 0.15) is 15.9 Å². The number of hydrogen-bond donors (Lipinski definition) is 0. The molecule has 0 spiro atoms. The Bertz CT molecular complexity index is 1020. The molecule has 0 amide bonds. The predicted molar refractivity (Wildman–Crippen MR) is 91.7 cm³/mol. The van der Waals surface area contributed by atoms with E-state index in [-0.39, 0.29) is 10.6 Å². The summed E-state index contributed by atoms with van der Waals surface area (Å²) in [6, 6.07) is 9.80. The van der Waals surface area contributed by atoms with Crippen molar-refractivity contribution in [3.05, 3.63) is 57.7 Å². The third-order valence-corrected chi connectivity index (χ3v) is 7.24. The molecule has 0 atom stereocenters. The Morgan fingerprint density at radius 2 is 1.24 bits per heavy atom. The molecule has 0 heterocycles. The minimum atomic E-state index is -6.84. The first-order valence-corrected chi connectivity index (χ1v) is 11.9. The van der Waals surface area contributed by atoms with E-state index in [1.807, 2.05) is 6.92 Å². The number of methoxy groups -OCH3 is 1. The lowest BCUT2D eigenvalue weighted by atomic mass is 10.2. The van der Waals surface area contributed by atoms with Crippen molar-refractivity contribution in [2.45, 2.75) is 33.8 Å². The van der Waals surface area contributed by atoms with Gasteiger partial charge in [-0.3, -0.25) is 0 Å². The van der Waals surface area contributed by atoms with Gasteiger partial charge in [0.15, 0.2) is 3.57 Å². The van der Waals surface area contributed by atoms with E-state index in [2.05, 4.69) is 4.74 Å². The largest absolute Gasteiger partial charge is 0.744 e. The molecule has 2 aromatic rings. The van der Waals surface area contributed by atoms with Gasteiger partial charge in [-0.2, -0.15) is 39.5 Å². The number of alkyl halides is 10. The molecule has 0 aromatic heterocycles. The van der Waals surface area contributed by atoms with Crippen molar-refractivity contribution < 1.29 is 78.4 Å². The molecule has 0 aliphatic heterocycles. The van der Waals surface area contributed by atoms with E-state index in [1.165, 1.54) is 19.2 Å². The van der Waals surface area contributed by atoms with Crippen LogP contribution in [0.1, 0.15) is 5.56 Å². The molecule has 0 bridgehead atoms. The maximum Gasteiger partial charge on any atom is 0.517 e. The van der Waals surface area contributed by atoms with Crippen molar-refractivity contribution in [2.75, 3.05) is 7.11 Å². The molecule has 0 unspecified atom stereocenters. The smallest absolute Gasteiger partial charge is 0.517 e. The minimum absolute atomic E-state index is 0.178. The van der Waals surface area contributed by atoms with E-state index in [0.29, 0.717) is 0 Å². The van der Waals surface area contributed by atoms with Crippen LogP contribution in [-0.4, -0.2) is 42.0 Å². The van der Waals surface area contributed by atoms with E-state index in [4.69, 9.17) is 0 Å². The maximum atomic E-state index is 13.4. The third-order valence-electron chi connectivity index (χ3n) is 3.69. The molecule has 0 fully saturated rings. The molecular formula is C18H14F9IO4S. The molecule has 0 saturated carbocycles. The molecule has 0 aliphatic carbocycles. The van der Waals surface area contributed by atoms with E-state index in [0.717, 1.165) is 29.8 Å². The lowest BCUT2D eigenvalue weighted by molar-refractivity contribution is -0.790. The zero-order chi connectivity index (χ0) is 25.9. The molecule has 15 heteroatoms. The van der Waals surface area contributed by atoms with Crippen LogP contribution in [0.3, 0.4) is 0 Å². The highest BCUT2D eigenvalue weighted by Gasteiger charge is 2.87. The van der Waals surface area contributed by atoms with Crippen molar-refractivity contribution in [1.82, 2.24) is 0 Å². The number of hydrogen-bond acceptors (Lipinski definition) is 4. The van der Waals surface area contributed by atoms with Gasteiger partial charge in [0, 0.05) is 0 Å². The van der Waals surface area contributed by atoms with Gasteiger partial charge < -0.3 is 9.29 Å². The van der Waals surface area contributed by atoms with Crippen LogP contribution in [0.2, 0.25) is 0 Å². The van der Waals surface area contributed by atoms with Crippen LogP contribution < -0.4 is 25.9 Å². The van der Waals surface area contributed by atoms with Gasteiger partial charge in [0.05, 0.1) is 12.0 Å². The fraction of sp³-hybridized carbons (Fsp3) is 0.333. The second-order valence-corrected chi connectivity index (χ2v) is 10.7. The summed E-state index contributed by atoms with van der Waals surface area (Å²) in [4.78, 5) is -0.178. The van der Waals surface area contributed by atoms with Crippen LogP contribution in [0.4, 0.5) is 39.5 Å². The molecule has 2 rings (SSSR count). The highest BCUT2D eigenvalue weighted by molar-refractivity contribution is 7.85. The fourth-order valence-corrected chi connectivity index (χ4v) is 4.54. The first-order valence-electron chi connectivity index (χ1n) is 8.29. The first kappa shape index (κ1) is 29.3. The highest BCUT2D eigenvalue weighted by Crippen LogP contribution is 2.50. The van der Waals surface area contributed by atoms with Crippen LogP contribution in [-0.2, 0) is 10.1 Å². The summed E-state index contributed by atoms with van der Waals surface area (Å²) in [7, 11) is -3.04. The molecule has 0 N–H and O–H groups in total. The standard InChI is InChI=1S/C11H7F9IO.C7H8O3S/c1-22-7-4-2-6(3-5-7)21-11(19,20)9(14,15)8(12,13)10(16,17)18;1-6-2-4-7(5-3-6)11(8,9)10/h2-5H,1H3;2-5H,1H3,(H,8,9,10)/q+1;/p-1. The van der Waals surface area contributed by atoms with Crippen LogP contribution in [0.5, 0.6) is 5.75 Å². The zero-order valence-electron chi connectivity index (χ0n) is 16.4. The lowest BCUT2D eigenvalue weighted by Crippen LogP contribution is -3.68. The van der Waals surface area contributed by atoms with E-state index in [1.54, 1.807) is 12.1 Å². The average Bonchev–Trinajstić information content (AvgIpc) is 2.67. The van der Waals surface area contributed by atoms with Gasteiger partial charge in [0.25, 0.3) is 0 Å². The van der Waals surface area contributed by atoms with E-state index in [9.17, 15) is 52.5 Å². The number of benzene rings is 2. The van der Waals surface area contributed by atoms with Crippen LogP contribution in [0.25, 0.3) is 0 Å². The van der Waals surface area contributed by atoms with Gasteiger partial charge in [0.2, 0.25) is 0 Å². The van der Waals surface area contributed by atoms with Gasteiger partial charge >= 0.3 is 43.2 Å². The SMILES string of the molecule is COc1ccc([I+]C(F)(F)C(F)(F)C(F)(F)C(F)(F)F)cc1.Cc1ccc(S(=O)(=O)[O-])cc1. The normalized spacial score (nSPS) is 13.2. The number of aryl methyl sites for hydroxylation is 1. The molecule has 0 saturated heterocycles. The average molecular weight is 624 g/mol. The topological polar surface area (TPSA) is 66.4 Å². The first-order chi connectivity index (χ1) is 14.8. The number of rotatable bonds is 6. The second kappa shape index (κ2) is 10.2. The Morgan fingerprint density at radius 3 is 1.61 bits per heavy atom. The van der Waals surface area contributed by atoms with Gasteiger partial charge in [-0.25, -0.2) is 8.42 Å². The molecule has 2 aromatic carbocycles. The van der Waals surface area contributed by atoms with Gasteiger partial charge in [-0.05, 0) is 43.3 Å². The fourth-order valence-electron chi connectivity index (χ4n) is 1.89. The van der Waals surface area contributed by atoms with Crippen molar-refractivity contribution >= 4 is 10.1 Å². The summed E-state index contributed by atoms with van der Waals surface area (Å²) in [5, 5.41) is 0. The molecule has 0 aliphatic rings. The third kappa shape index (κ3) is 7.11. The summed E-state index contributed by atoms with van der Waals surface area (Å²) < 4.78 is 144. The van der Waals surface area contributed by atoms with Crippen LogP contribution in [0, 0.1) is 10.5 Å². The van der Waals surface area contributed by atoms with Crippen LogP contribution in [0.15, 0.2) is 53.4 Å². The molecule has 4 nitrogen and oxygen atoms in total. The molecule has 33 heavy (non-hydrogen) atoms. The summed E-state index contributed by atoms with van der Waals surface area (Å²) >= 11 is -3.16. The minimum Gasteiger partial charge on any atom is -0.744 e. The van der Waals surface area contributed by atoms with E-state index < -0.39 is 56.8 Å². The van der Waals surface area contributed by atoms with Crippen molar-refractivity contribution in [3.63, 3.8) is 0 Å². The molecule has 0 radical (unpaired) electrons. The summed E-state index contributed by atoms with van der Waals surface area (Å²) in [6.07, 6.45) is -6.79. The number of halogens is 10. The summed E-state index contributed by atoms with van der Waals surface area (Å²) in [5.41, 5.74) is 0.928. The zero-order valence-corrected chi connectivity index (χ0v) is 19.4. The number of ether oxygens (including phenoxy) is 1. The van der Waals surface area contributed by atoms with Gasteiger partial charge in [-0.15, -0.1) is 0 Å². The quantitative estimate of drug-likeness (QED) is 0.214. The monoisotopic (exact) mass is 624 g/mol. The summed E-state index contributed by atoms with van der Waals surface area (Å²) in [5.74, 6) is -13.2. The highest BCUT2D eigenvalue weighted by atomic mass is 127. The van der Waals surface area contributed by atoms with Crippen molar-refractivity contribution in [3.8, 4) is 5.75 Å². The second-order valence-electron chi connectivity index (χ2n) is 6.16. The lowest BCUT2D eigenvalue weighted by Gasteiger charge is -2.28. The Morgan fingerprint density at radius 1 is 0.788 bits per heavy atom. The Balaban J connectivity index is 0.000000412.